The normalized spacial score (nSPS) is 11.6. The Hall–Kier alpha value is -1.43. The van der Waals surface area contributed by atoms with Crippen LogP contribution in [0.3, 0.4) is 0 Å². The van der Waals surface area contributed by atoms with E-state index < -0.39 is 0 Å². The lowest BCUT2D eigenvalue weighted by atomic mass is 10.1. The van der Waals surface area contributed by atoms with Crippen LogP contribution in [0.5, 0.6) is 11.5 Å². The zero-order valence-electron chi connectivity index (χ0n) is 19.5. The highest BCUT2D eigenvalue weighted by molar-refractivity contribution is 6.55. The molecule has 0 N–H and O–H groups in total. The molecule has 0 aliphatic carbocycles. The van der Waals surface area contributed by atoms with Crippen LogP contribution in [0.1, 0.15) is 64.5 Å². The van der Waals surface area contributed by atoms with Gasteiger partial charge in [0.05, 0.1) is 19.4 Å². The van der Waals surface area contributed by atoms with Gasteiger partial charge >= 0.3 is 0 Å². The van der Waals surface area contributed by atoms with E-state index in [1.165, 1.54) is 0 Å². The third-order valence-electron chi connectivity index (χ3n) is 4.22. The van der Waals surface area contributed by atoms with Crippen LogP contribution in [0.4, 0.5) is 0 Å². The summed E-state index contributed by atoms with van der Waals surface area (Å²) in [5.41, 5.74) is 1.95. The third-order valence-corrected chi connectivity index (χ3v) is 4.53. The molecular weight excluding hydrogens is 437 g/mol. The molecule has 0 atom stereocenters. The van der Waals surface area contributed by atoms with Crippen molar-refractivity contribution < 1.29 is 19.0 Å². The van der Waals surface area contributed by atoms with Crippen LogP contribution < -0.4 is 9.47 Å². The van der Waals surface area contributed by atoms with E-state index in [2.05, 4.69) is 12.1 Å². The highest BCUT2D eigenvalue weighted by atomic mass is 35.5. The van der Waals surface area contributed by atoms with Crippen molar-refractivity contribution in [2.45, 2.75) is 72.3 Å². The number of oxime groups is 1. The Kier molecular flexibility index (Phi) is 13.7. The molecule has 0 radical (unpaired) electrons. The first-order valence-electron chi connectivity index (χ1n) is 10.9. The molecule has 31 heavy (non-hydrogen) atoms. The van der Waals surface area contributed by atoms with E-state index in [4.69, 9.17) is 42.3 Å². The fourth-order valence-corrected chi connectivity index (χ4v) is 2.89. The van der Waals surface area contributed by atoms with E-state index in [1.54, 1.807) is 12.3 Å². The van der Waals surface area contributed by atoms with Gasteiger partial charge in [0.15, 0.2) is 0 Å². The third kappa shape index (κ3) is 13.6. The van der Waals surface area contributed by atoms with Gasteiger partial charge in [-0.3, -0.25) is 0 Å². The second kappa shape index (κ2) is 15.4. The molecule has 5 nitrogen and oxygen atoms in total. The summed E-state index contributed by atoms with van der Waals surface area (Å²) >= 11 is 11.2. The Labute approximate surface area is 197 Å². The number of benzene rings is 1. The van der Waals surface area contributed by atoms with Crippen LogP contribution in [0.2, 0.25) is 0 Å². The van der Waals surface area contributed by atoms with Gasteiger partial charge in [-0.25, -0.2) is 0 Å². The molecule has 0 unspecified atom stereocenters. The molecule has 0 heterocycles. The fraction of sp³-hybridized carbons (Fsp3) is 0.625. The summed E-state index contributed by atoms with van der Waals surface area (Å²) in [5, 5.41) is 3.89. The zero-order valence-corrected chi connectivity index (χ0v) is 21.0. The summed E-state index contributed by atoms with van der Waals surface area (Å²) in [6, 6.07) is 4.00. The second-order valence-corrected chi connectivity index (χ2v) is 9.22. The topological polar surface area (TPSA) is 49.3 Å². The maximum atomic E-state index is 6.08. The van der Waals surface area contributed by atoms with Gasteiger partial charge in [0.1, 0.15) is 28.2 Å². The summed E-state index contributed by atoms with van der Waals surface area (Å²) in [6.45, 7) is 12.3. The molecule has 1 aromatic carbocycles. The zero-order chi connectivity index (χ0) is 23.1. The van der Waals surface area contributed by atoms with Gasteiger partial charge in [0.25, 0.3) is 0 Å². The first-order chi connectivity index (χ1) is 14.7. The lowest BCUT2D eigenvalue weighted by Gasteiger charge is -2.15. The van der Waals surface area contributed by atoms with Gasteiger partial charge in [0, 0.05) is 6.61 Å². The quantitative estimate of drug-likeness (QED) is 0.156. The molecule has 0 bridgehead atoms. The fourth-order valence-electron chi connectivity index (χ4n) is 2.76. The number of halogens is 2. The van der Waals surface area contributed by atoms with E-state index in [0.29, 0.717) is 19.8 Å². The van der Waals surface area contributed by atoms with Gasteiger partial charge in [0.2, 0.25) is 0 Å². The molecule has 0 saturated carbocycles. The molecule has 0 saturated heterocycles. The minimum absolute atomic E-state index is 0.207. The van der Waals surface area contributed by atoms with Crippen LogP contribution in [-0.4, -0.2) is 38.2 Å². The van der Waals surface area contributed by atoms with Crippen LogP contribution in [0.25, 0.3) is 0 Å². The van der Waals surface area contributed by atoms with Gasteiger partial charge in [-0.15, -0.1) is 0 Å². The van der Waals surface area contributed by atoms with Crippen LogP contribution in [0.15, 0.2) is 27.9 Å². The SMILES string of the molecule is CCc1cc(OCC=C(Cl)Cl)cc(C)c1OCCCCCCOCC=NOC(C)(C)C. The molecule has 0 aliphatic heterocycles. The highest BCUT2D eigenvalue weighted by Gasteiger charge is 2.10. The Morgan fingerprint density at radius 1 is 1.00 bits per heavy atom. The number of rotatable bonds is 15. The molecule has 176 valence electrons. The minimum atomic E-state index is -0.262. The Morgan fingerprint density at radius 3 is 2.35 bits per heavy atom. The molecule has 0 aliphatic rings. The summed E-state index contributed by atoms with van der Waals surface area (Å²) in [6.07, 6.45) is 8.42. The number of nitrogens with zero attached hydrogens (tertiary/aromatic N) is 1. The summed E-state index contributed by atoms with van der Waals surface area (Å²) < 4.78 is 17.5. The van der Waals surface area contributed by atoms with Gasteiger partial charge < -0.3 is 19.0 Å². The van der Waals surface area contributed by atoms with Gasteiger partial charge in [-0.1, -0.05) is 41.7 Å². The number of unbranched alkanes of at least 4 members (excludes halogenated alkanes) is 3. The summed E-state index contributed by atoms with van der Waals surface area (Å²) in [5.74, 6) is 1.75. The lowest BCUT2D eigenvalue weighted by molar-refractivity contribution is 0.000667. The Bertz CT molecular complexity index is 696. The van der Waals surface area contributed by atoms with Crippen molar-refractivity contribution in [1.29, 1.82) is 0 Å². The first-order valence-corrected chi connectivity index (χ1v) is 11.7. The van der Waals surface area contributed by atoms with Crippen molar-refractivity contribution in [1.82, 2.24) is 0 Å². The van der Waals surface area contributed by atoms with E-state index in [9.17, 15) is 0 Å². The van der Waals surface area contributed by atoms with Gasteiger partial charge in [-0.2, -0.15) is 0 Å². The molecule has 0 spiro atoms. The van der Waals surface area contributed by atoms with Crippen molar-refractivity contribution in [3.8, 4) is 11.5 Å². The van der Waals surface area contributed by atoms with E-state index in [-0.39, 0.29) is 10.1 Å². The average molecular weight is 474 g/mol. The van der Waals surface area contributed by atoms with E-state index >= 15 is 0 Å². The molecule has 1 aromatic rings. The Balaban J connectivity index is 2.23. The number of ether oxygens (including phenoxy) is 3. The van der Waals surface area contributed by atoms with Gasteiger partial charge in [-0.05, 0) is 82.7 Å². The molecule has 1 rings (SSSR count). The predicted octanol–water partition coefficient (Wildman–Crippen LogP) is 7.01. The minimum Gasteiger partial charge on any atom is -0.493 e. The molecule has 0 amide bonds. The number of aryl methyl sites for hydroxylation is 2. The van der Waals surface area contributed by atoms with Crippen LogP contribution >= 0.6 is 23.2 Å². The lowest BCUT2D eigenvalue weighted by Crippen LogP contribution is -2.15. The average Bonchev–Trinajstić information content (AvgIpc) is 2.68. The monoisotopic (exact) mass is 473 g/mol. The second-order valence-electron chi connectivity index (χ2n) is 8.22. The number of hydrogen-bond donors (Lipinski definition) is 0. The molecule has 0 fully saturated rings. The summed E-state index contributed by atoms with van der Waals surface area (Å²) in [7, 11) is 0. The first kappa shape index (κ1) is 27.6. The van der Waals surface area contributed by atoms with Crippen LogP contribution in [0, 0.1) is 6.92 Å². The molecule has 0 aromatic heterocycles. The highest BCUT2D eigenvalue weighted by Crippen LogP contribution is 2.30. The van der Waals surface area contributed by atoms with Crippen molar-refractivity contribution in [3.05, 3.63) is 33.8 Å². The van der Waals surface area contributed by atoms with Crippen molar-refractivity contribution >= 4 is 29.4 Å². The summed E-state index contributed by atoms with van der Waals surface area (Å²) in [4.78, 5) is 5.25. The largest absolute Gasteiger partial charge is 0.493 e. The molecular formula is C24H37Cl2NO4. The van der Waals surface area contributed by atoms with Crippen LogP contribution in [-0.2, 0) is 16.0 Å². The van der Waals surface area contributed by atoms with Crippen molar-refractivity contribution in [3.63, 3.8) is 0 Å². The van der Waals surface area contributed by atoms with Crippen molar-refractivity contribution in [2.75, 3.05) is 26.4 Å². The maximum Gasteiger partial charge on any atom is 0.129 e. The Morgan fingerprint density at radius 2 is 1.71 bits per heavy atom. The smallest absolute Gasteiger partial charge is 0.129 e. The standard InChI is InChI=1S/C24H37Cl2NO4/c1-6-20-18-21(29-15-11-22(25)26)17-19(2)23(20)30-14-10-8-7-9-13-28-16-12-27-31-24(3,4)5/h11-12,17-18H,6-10,13-16H2,1-5H3. The van der Waals surface area contributed by atoms with E-state index in [0.717, 1.165) is 61.3 Å². The molecule has 7 heteroatoms. The maximum absolute atomic E-state index is 6.08. The number of hydrogen-bond acceptors (Lipinski definition) is 5. The predicted molar refractivity (Wildman–Crippen MR) is 130 cm³/mol. The van der Waals surface area contributed by atoms with E-state index in [1.807, 2.05) is 39.8 Å². The van der Waals surface area contributed by atoms with Crippen molar-refractivity contribution in [2.24, 2.45) is 5.16 Å².